The molecule has 0 aliphatic rings. The summed E-state index contributed by atoms with van der Waals surface area (Å²) in [7, 11) is 0. The van der Waals surface area contributed by atoms with Gasteiger partial charge in [0, 0.05) is 10.6 Å². The standard InChI is InChI=1S/C15H11ClO4/c16-12-5-7-13(8-6-12)20-9-14(17)10-1-3-11(4-2-10)15(18)19/h1-8H,9H2,(H,18,19). The fraction of sp³-hybridized carbons (Fsp3) is 0.0667. The monoisotopic (exact) mass is 290 g/mol. The van der Waals surface area contributed by atoms with Crippen LogP contribution in [0.2, 0.25) is 5.02 Å². The van der Waals surface area contributed by atoms with E-state index < -0.39 is 5.97 Å². The van der Waals surface area contributed by atoms with E-state index in [1.165, 1.54) is 24.3 Å². The van der Waals surface area contributed by atoms with Crippen LogP contribution in [0.25, 0.3) is 0 Å². The first-order valence-electron chi connectivity index (χ1n) is 5.81. The fourth-order valence-corrected chi connectivity index (χ4v) is 1.69. The third-order valence-electron chi connectivity index (χ3n) is 2.64. The molecule has 1 N–H and O–H groups in total. The smallest absolute Gasteiger partial charge is 0.335 e. The molecule has 0 bridgehead atoms. The van der Waals surface area contributed by atoms with E-state index in [0.29, 0.717) is 16.3 Å². The molecule has 0 aromatic heterocycles. The zero-order valence-electron chi connectivity index (χ0n) is 10.4. The predicted octanol–water partition coefficient (Wildman–Crippen LogP) is 3.30. The van der Waals surface area contributed by atoms with Gasteiger partial charge in [-0.1, -0.05) is 23.7 Å². The molecule has 0 atom stereocenters. The van der Waals surface area contributed by atoms with Gasteiger partial charge in [0.1, 0.15) is 5.75 Å². The number of carboxylic acid groups (broad SMARTS) is 1. The van der Waals surface area contributed by atoms with Crippen LogP contribution in [-0.4, -0.2) is 23.5 Å². The third kappa shape index (κ3) is 3.59. The van der Waals surface area contributed by atoms with Gasteiger partial charge in [0.25, 0.3) is 0 Å². The average Bonchev–Trinajstić information content (AvgIpc) is 2.46. The second-order valence-corrected chi connectivity index (χ2v) is 4.48. The summed E-state index contributed by atoms with van der Waals surface area (Å²) in [6, 6.07) is 12.4. The molecule has 0 fully saturated rings. The molecule has 0 amide bonds. The first-order valence-corrected chi connectivity index (χ1v) is 6.19. The van der Waals surface area contributed by atoms with Gasteiger partial charge in [-0.15, -0.1) is 0 Å². The van der Waals surface area contributed by atoms with Crippen LogP contribution in [0.1, 0.15) is 20.7 Å². The van der Waals surface area contributed by atoms with Crippen LogP contribution in [0.5, 0.6) is 5.75 Å². The van der Waals surface area contributed by atoms with Crippen LogP contribution in [0.4, 0.5) is 0 Å². The maximum Gasteiger partial charge on any atom is 0.335 e. The number of halogens is 1. The van der Waals surface area contributed by atoms with Crippen molar-refractivity contribution in [1.82, 2.24) is 0 Å². The molecule has 4 nitrogen and oxygen atoms in total. The van der Waals surface area contributed by atoms with Gasteiger partial charge >= 0.3 is 5.97 Å². The summed E-state index contributed by atoms with van der Waals surface area (Å²) >= 11 is 5.74. The quantitative estimate of drug-likeness (QED) is 0.858. The summed E-state index contributed by atoms with van der Waals surface area (Å²) in [5.41, 5.74) is 0.545. The lowest BCUT2D eigenvalue weighted by molar-refractivity contribution is 0.0696. The molecule has 2 aromatic carbocycles. The van der Waals surface area contributed by atoms with Crippen molar-refractivity contribution in [2.45, 2.75) is 0 Å². The summed E-state index contributed by atoms with van der Waals surface area (Å²) in [6.07, 6.45) is 0. The lowest BCUT2D eigenvalue weighted by atomic mass is 10.1. The average molecular weight is 291 g/mol. The minimum absolute atomic E-state index is 0.117. The first-order chi connectivity index (χ1) is 9.56. The Morgan fingerprint density at radius 3 is 2.05 bits per heavy atom. The van der Waals surface area contributed by atoms with Crippen molar-refractivity contribution in [3.8, 4) is 5.75 Å². The molecule has 0 radical (unpaired) electrons. The zero-order chi connectivity index (χ0) is 14.5. The van der Waals surface area contributed by atoms with Crippen molar-refractivity contribution in [2.24, 2.45) is 0 Å². The maximum absolute atomic E-state index is 11.9. The first kappa shape index (κ1) is 14.1. The van der Waals surface area contributed by atoms with Gasteiger partial charge in [-0.25, -0.2) is 4.79 Å². The van der Waals surface area contributed by atoms with E-state index in [1.54, 1.807) is 24.3 Å². The summed E-state index contributed by atoms with van der Waals surface area (Å²) in [4.78, 5) is 22.6. The number of ketones is 1. The molecule has 0 saturated carbocycles. The van der Waals surface area contributed by atoms with Crippen molar-refractivity contribution in [2.75, 3.05) is 6.61 Å². The Balaban J connectivity index is 1.97. The number of carbonyl (C=O) groups is 2. The van der Waals surface area contributed by atoms with Crippen molar-refractivity contribution < 1.29 is 19.4 Å². The van der Waals surface area contributed by atoms with Crippen LogP contribution in [-0.2, 0) is 0 Å². The molecule has 20 heavy (non-hydrogen) atoms. The second-order valence-electron chi connectivity index (χ2n) is 4.05. The minimum atomic E-state index is -1.03. The zero-order valence-corrected chi connectivity index (χ0v) is 11.1. The normalized spacial score (nSPS) is 10.1. The van der Waals surface area contributed by atoms with Gasteiger partial charge in [-0.05, 0) is 36.4 Å². The van der Waals surface area contributed by atoms with Gasteiger partial charge < -0.3 is 9.84 Å². The molecule has 0 unspecified atom stereocenters. The van der Waals surface area contributed by atoms with E-state index >= 15 is 0 Å². The lowest BCUT2D eigenvalue weighted by Gasteiger charge is -2.05. The van der Waals surface area contributed by atoms with Crippen molar-refractivity contribution in [1.29, 1.82) is 0 Å². The molecule has 102 valence electrons. The van der Waals surface area contributed by atoms with Gasteiger partial charge in [0.05, 0.1) is 5.56 Å². The highest BCUT2D eigenvalue weighted by Gasteiger charge is 2.08. The number of hydrogen-bond donors (Lipinski definition) is 1. The van der Waals surface area contributed by atoms with Crippen LogP contribution in [0.15, 0.2) is 48.5 Å². The van der Waals surface area contributed by atoms with Crippen LogP contribution in [0.3, 0.4) is 0 Å². The number of carboxylic acids is 1. The van der Waals surface area contributed by atoms with E-state index in [-0.39, 0.29) is 18.0 Å². The molecule has 0 aliphatic carbocycles. The summed E-state index contributed by atoms with van der Waals surface area (Å²) < 4.78 is 5.33. The molecule has 2 aromatic rings. The van der Waals surface area contributed by atoms with E-state index in [9.17, 15) is 9.59 Å². The number of Topliss-reactive ketones (excluding diaryl/α,β-unsaturated/α-hetero) is 1. The Hall–Kier alpha value is -2.33. The third-order valence-corrected chi connectivity index (χ3v) is 2.89. The molecule has 2 rings (SSSR count). The van der Waals surface area contributed by atoms with Gasteiger partial charge in [0.15, 0.2) is 12.4 Å². The molecular weight excluding hydrogens is 280 g/mol. The molecule has 0 spiro atoms. The van der Waals surface area contributed by atoms with Crippen molar-refractivity contribution in [3.05, 3.63) is 64.7 Å². The maximum atomic E-state index is 11.9. The molecule has 5 heteroatoms. The van der Waals surface area contributed by atoms with Gasteiger partial charge in [-0.2, -0.15) is 0 Å². The summed E-state index contributed by atoms with van der Waals surface area (Å²) in [6.45, 7) is -0.117. The van der Waals surface area contributed by atoms with Crippen LogP contribution in [0, 0.1) is 0 Å². The highest BCUT2D eigenvalue weighted by atomic mass is 35.5. The van der Waals surface area contributed by atoms with Gasteiger partial charge in [0.2, 0.25) is 0 Å². The van der Waals surface area contributed by atoms with E-state index in [2.05, 4.69) is 0 Å². The number of hydrogen-bond acceptors (Lipinski definition) is 3. The van der Waals surface area contributed by atoms with E-state index in [1.807, 2.05) is 0 Å². The summed E-state index contributed by atoms with van der Waals surface area (Å²) in [5.74, 6) is -0.705. The minimum Gasteiger partial charge on any atom is -0.485 e. The van der Waals surface area contributed by atoms with E-state index in [4.69, 9.17) is 21.4 Å². The molecule has 0 aliphatic heterocycles. The second kappa shape index (κ2) is 6.21. The molecule has 0 heterocycles. The Kier molecular flexibility index (Phi) is 4.38. The largest absolute Gasteiger partial charge is 0.485 e. The van der Waals surface area contributed by atoms with Crippen molar-refractivity contribution in [3.63, 3.8) is 0 Å². The number of benzene rings is 2. The predicted molar refractivity (Wildman–Crippen MR) is 74.7 cm³/mol. The highest BCUT2D eigenvalue weighted by molar-refractivity contribution is 6.30. The number of carbonyl (C=O) groups excluding carboxylic acids is 1. The SMILES string of the molecule is O=C(O)c1ccc(C(=O)COc2ccc(Cl)cc2)cc1. The van der Waals surface area contributed by atoms with Crippen molar-refractivity contribution >= 4 is 23.4 Å². The molecular formula is C15H11ClO4. The lowest BCUT2D eigenvalue weighted by Crippen LogP contribution is -2.11. The van der Waals surface area contributed by atoms with Crippen LogP contribution < -0.4 is 4.74 Å². The highest BCUT2D eigenvalue weighted by Crippen LogP contribution is 2.16. The Bertz CT molecular complexity index is 617. The Labute approximate surface area is 120 Å². The Morgan fingerprint density at radius 1 is 0.950 bits per heavy atom. The topological polar surface area (TPSA) is 63.6 Å². The fourth-order valence-electron chi connectivity index (χ4n) is 1.56. The summed E-state index contributed by atoms with van der Waals surface area (Å²) in [5, 5.41) is 9.36. The van der Waals surface area contributed by atoms with Crippen LogP contribution >= 0.6 is 11.6 Å². The number of aromatic carboxylic acids is 1. The molecule has 0 saturated heterocycles. The van der Waals surface area contributed by atoms with Gasteiger partial charge in [-0.3, -0.25) is 4.79 Å². The number of rotatable bonds is 5. The van der Waals surface area contributed by atoms with E-state index in [0.717, 1.165) is 0 Å². The Morgan fingerprint density at radius 2 is 1.50 bits per heavy atom. The number of ether oxygens (including phenoxy) is 1.